The van der Waals surface area contributed by atoms with Crippen molar-refractivity contribution in [1.29, 1.82) is 0 Å². The molecule has 1 fully saturated rings. The maximum atomic E-state index is 12.9. The first-order chi connectivity index (χ1) is 15.2. The molecular weight excluding hydrogens is 392 g/mol. The lowest BCUT2D eigenvalue weighted by Crippen LogP contribution is -2.42. The van der Waals surface area contributed by atoms with Crippen molar-refractivity contribution in [3.05, 3.63) is 77.5 Å². The summed E-state index contributed by atoms with van der Waals surface area (Å²) in [5.41, 5.74) is 10.0. The number of morpholine rings is 1. The van der Waals surface area contributed by atoms with Crippen molar-refractivity contribution in [2.24, 2.45) is 15.7 Å². The Morgan fingerprint density at radius 2 is 1.87 bits per heavy atom. The van der Waals surface area contributed by atoms with Crippen molar-refractivity contribution in [3.8, 4) is 0 Å². The first-order valence-electron chi connectivity index (χ1n) is 10.1. The van der Waals surface area contributed by atoms with Crippen molar-refractivity contribution >= 4 is 29.4 Å². The number of amides is 1. The summed E-state index contributed by atoms with van der Waals surface area (Å²) >= 11 is 0. The fraction of sp³-hybridized carbons (Fsp3) is 0.217. The number of benzodiazepines with no additional fused rings is 1. The molecule has 158 valence electrons. The number of anilines is 1. The number of fused-ring (bicyclic) bond motifs is 1. The number of carbonyl (C=O) groups excluding carboxylic acids is 1. The van der Waals surface area contributed by atoms with E-state index in [-0.39, 0.29) is 11.7 Å². The first-order valence-corrected chi connectivity index (χ1v) is 10.1. The Balaban J connectivity index is 1.71. The molecule has 2 heterocycles. The van der Waals surface area contributed by atoms with E-state index >= 15 is 0 Å². The molecule has 4 rings (SSSR count). The summed E-state index contributed by atoms with van der Waals surface area (Å²) in [5.74, 6) is -0.176. The van der Waals surface area contributed by atoms with E-state index in [1.807, 2.05) is 54.6 Å². The van der Waals surface area contributed by atoms with Gasteiger partial charge in [-0.15, -0.1) is 0 Å². The fourth-order valence-corrected chi connectivity index (χ4v) is 3.56. The van der Waals surface area contributed by atoms with Gasteiger partial charge in [0, 0.05) is 30.3 Å². The van der Waals surface area contributed by atoms with Crippen LogP contribution in [-0.4, -0.2) is 61.0 Å². The van der Waals surface area contributed by atoms with Crippen LogP contribution in [0, 0.1) is 0 Å². The smallest absolute Gasteiger partial charge is 0.271 e. The normalized spacial score (nSPS) is 19.7. The van der Waals surface area contributed by atoms with Gasteiger partial charge in [-0.2, -0.15) is 0 Å². The van der Waals surface area contributed by atoms with E-state index < -0.39 is 6.17 Å². The van der Waals surface area contributed by atoms with Crippen LogP contribution in [0.15, 0.2) is 76.4 Å². The van der Waals surface area contributed by atoms with Gasteiger partial charge in [0.05, 0.1) is 24.6 Å². The molecule has 0 radical (unpaired) electrons. The van der Waals surface area contributed by atoms with Crippen LogP contribution in [0.2, 0.25) is 0 Å². The molecule has 0 aromatic heterocycles. The van der Waals surface area contributed by atoms with E-state index in [0.29, 0.717) is 37.7 Å². The molecule has 1 saturated heterocycles. The minimum atomic E-state index is -1.03. The van der Waals surface area contributed by atoms with E-state index in [9.17, 15) is 4.79 Å². The molecule has 5 N–H and O–H groups in total. The molecule has 1 atom stereocenters. The second-order valence-corrected chi connectivity index (χ2v) is 7.14. The van der Waals surface area contributed by atoms with Crippen LogP contribution in [0.5, 0.6) is 0 Å². The number of hydrogen-bond donors (Lipinski definition) is 3. The highest BCUT2D eigenvalue weighted by molar-refractivity contribution is 6.19. The van der Waals surface area contributed by atoms with E-state index in [0.717, 1.165) is 16.8 Å². The molecule has 0 bridgehead atoms. The van der Waals surface area contributed by atoms with Gasteiger partial charge in [-0.25, -0.2) is 9.98 Å². The lowest BCUT2D eigenvalue weighted by atomic mass is 10.0. The molecule has 1 amide bonds. The zero-order valence-corrected chi connectivity index (χ0v) is 17.1. The maximum absolute atomic E-state index is 12.9. The Hall–Kier alpha value is -3.78. The summed E-state index contributed by atoms with van der Waals surface area (Å²) in [7, 11) is 0. The number of nitrogens with two attached hydrogens (primary N) is 2. The predicted molar refractivity (Wildman–Crippen MR) is 121 cm³/mol. The highest BCUT2D eigenvalue weighted by atomic mass is 16.5. The summed E-state index contributed by atoms with van der Waals surface area (Å²) in [6.45, 7) is 2.66. The third kappa shape index (κ3) is 4.70. The number of nitrogens with zero attached hydrogens (tertiary/aromatic N) is 3. The van der Waals surface area contributed by atoms with E-state index in [2.05, 4.69) is 20.2 Å². The van der Waals surface area contributed by atoms with Crippen LogP contribution in [0.4, 0.5) is 5.69 Å². The number of aliphatic imine (C=N–C) groups is 2. The third-order valence-corrected chi connectivity index (χ3v) is 5.09. The number of rotatable bonds is 5. The van der Waals surface area contributed by atoms with E-state index in [1.165, 1.54) is 6.21 Å². The van der Waals surface area contributed by atoms with Crippen molar-refractivity contribution in [2.45, 2.75) is 6.17 Å². The summed E-state index contributed by atoms with van der Waals surface area (Å²) in [6.07, 6.45) is 2.12. The Labute approximate surface area is 180 Å². The minimum absolute atomic E-state index is 0.172. The van der Waals surface area contributed by atoms with Crippen LogP contribution in [0.1, 0.15) is 11.1 Å². The minimum Gasteiger partial charge on any atom is -0.384 e. The molecule has 0 saturated carbocycles. The average molecular weight is 417 g/mol. The maximum Gasteiger partial charge on any atom is 0.271 e. The SMILES string of the molecule is NC(/C=C(\C=[NH2+])N1CCOCC1)=N\C1N=C(c2ccccc2)c2ccccc2NC1=O. The number of ether oxygens (including phenoxy) is 1. The Morgan fingerprint density at radius 1 is 1.16 bits per heavy atom. The second kappa shape index (κ2) is 9.36. The predicted octanol–water partition coefficient (Wildman–Crippen LogP) is 0.205. The van der Waals surface area contributed by atoms with Crippen molar-refractivity contribution in [3.63, 3.8) is 0 Å². The van der Waals surface area contributed by atoms with Crippen LogP contribution in [-0.2, 0) is 9.53 Å². The third-order valence-electron chi connectivity index (χ3n) is 5.09. The lowest BCUT2D eigenvalue weighted by Gasteiger charge is -2.28. The van der Waals surface area contributed by atoms with Crippen LogP contribution < -0.4 is 16.5 Å². The standard InChI is InChI=1S/C23H24N6O2/c24-15-17(29-10-12-31-13-11-29)14-20(25)27-22-23(30)26-19-9-5-4-8-18(19)21(28-22)16-6-2-1-3-7-16/h1-9,14-15,22,24H,10-13H2,(H2,25,27)(H,26,30)/p+1/b17-14+,24-15?. The largest absolute Gasteiger partial charge is 0.384 e. The topological polar surface area (TPSA) is 118 Å². The van der Waals surface area contributed by atoms with Crippen LogP contribution in [0.3, 0.4) is 0 Å². The fourth-order valence-electron chi connectivity index (χ4n) is 3.56. The first kappa shape index (κ1) is 20.5. The Morgan fingerprint density at radius 3 is 2.61 bits per heavy atom. The Kier molecular flexibility index (Phi) is 6.18. The van der Waals surface area contributed by atoms with Gasteiger partial charge in [0.1, 0.15) is 11.5 Å². The molecule has 2 aliphatic rings. The van der Waals surface area contributed by atoms with Gasteiger partial charge in [-0.3, -0.25) is 10.2 Å². The molecule has 31 heavy (non-hydrogen) atoms. The van der Waals surface area contributed by atoms with Crippen molar-refractivity contribution in [1.82, 2.24) is 4.90 Å². The summed E-state index contributed by atoms with van der Waals surface area (Å²) < 4.78 is 5.38. The molecule has 2 aromatic carbocycles. The number of allylic oxidation sites excluding steroid dienone is 1. The molecule has 2 aromatic rings. The van der Waals surface area contributed by atoms with E-state index in [1.54, 1.807) is 6.08 Å². The van der Waals surface area contributed by atoms with Gasteiger partial charge in [0.2, 0.25) is 6.17 Å². The number of carbonyl (C=O) groups is 1. The monoisotopic (exact) mass is 417 g/mol. The van der Waals surface area contributed by atoms with Crippen molar-refractivity contribution < 1.29 is 14.9 Å². The molecular formula is C23H25N6O2+. The second-order valence-electron chi connectivity index (χ2n) is 7.14. The van der Waals surface area contributed by atoms with Gasteiger partial charge >= 0.3 is 0 Å². The number of hydrogen-bond acceptors (Lipinski definition) is 5. The molecule has 0 spiro atoms. The van der Waals surface area contributed by atoms with Crippen molar-refractivity contribution in [2.75, 3.05) is 31.6 Å². The molecule has 1 unspecified atom stereocenters. The zero-order valence-electron chi connectivity index (χ0n) is 17.1. The van der Waals surface area contributed by atoms with Gasteiger partial charge in [0.15, 0.2) is 6.21 Å². The zero-order chi connectivity index (χ0) is 21.6. The quantitative estimate of drug-likeness (QED) is 0.476. The highest BCUT2D eigenvalue weighted by Crippen LogP contribution is 2.24. The van der Waals surface area contributed by atoms with Crippen LogP contribution in [0.25, 0.3) is 0 Å². The number of nitrogens with one attached hydrogen (secondary N) is 1. The average Bonchev–Trinajstić information content (AvgIpc) is 2.95. The molecule has 2 aliphatic heterocycles. The molecule has 8 heteroatoms. The van der Waals surface area contributed by atoms with Gasteiger partial charge in [-0.1, -0.05) is 48.5 Å². The summed E-state index contributed by atoms with van der Waals surface area (Å²) in [6, 6.07) is 17.3. The number of para-hydroxylation sites is 1. The van der Waals surface area contributed by atoms with Gasteiger partial charge in [-0.05, 0) is 6.07 Å². The van der Waals surface area contributed by atoms with Gasteiger partial charge < -0.3 is 20.7 Å². The summed E-state index contributed by atoms with van der Waals surface area (Å²) in [4.78, 5) is 24.0. The lowest BCUT2D eigenvalue weighted by molar-refractivity contribution is -0.117. The summed E-state index contributed by atoms with van der Waals surface area (Å²) in [5, 5.41) is 8.71. The highest BCUT2D eigenvalue weighted by Gasteiger charge is 2.25. The molecule has 0 aliphatic carbocycles. The number of benzene rings is 2. The Bertz CT molecular complexity index is 1050. The van der Waals surface area contributed by atoms with E-state index in [4.69, 9.17) is 15.9 Å². The number of amidine groups is 1. The molecule has 8 nitrogen and oxygen atoms in total. The van der Waals surface area contributed by atoms with Gasteiger partial charge in [0.25, 0.3) is 5.91 Å². The van der Waals surface area contributed by atoms with Crippen LogP contribution >= 0.6 is 0 Å².